The number of halogens is 1. The average molecular weight is 418 g/mol. The molecule has 2 rings (SSSR count). The van der Waals surface area contributed by atoms with Gasteiger partial charge in [0.2, 0.25) is 0 Å². The van der Waals surface area contributed by atoms with E-state index in [1.165, 1.54) is 25.7 Å². The maximum absolute atomic E-state index is 4.24. The fourth-order valence-corrected chi connectivity index (χ4v) is 2.54. The molecule has 0 unspecified atom stereocenters. The molecular formula is C15H27IN6. The third-order valence-corrected chi connectivity index (χ3v) is 3.80. The number of nitrogens with zero attached hydrogens (tertiary/aromatic N) is 4. The number of aromatic nitrogens is 3. The smallest absolute Gasteiger partial charge is 0.191 e. The average Bonchev–Trinajstić information content (AvgIpc) is 2.99. The Labute approximate surface area is 149 Å². The van der Waals surface area contributed by atoms with E-state index in [0.29, 0.717) is 6.54 Å². The molecule has 0 bridgehead atoms. The summed E-state index contributed by atoms with van der Waals surface area (Å²) in [5.41, 5.74) is 1.58. The van der Waals surface area contributed by atoms with Crippen molar-refractivity contribution in [3.05, 3.63) is 23.8 Å². The second kappa shape index (κ2) is 10.6. The maximum Gasteiger partial charge on any atom is 0.191 e. The van der Waals surface area contributed by atoms with Crippen LogP contribution in [-0.2, 0) is 13.1 Å². The Morgan fingerprint density at radius 1 is 1.36 bits per heavy atom. The molecule has 0 aliphatic heterocycles. The molecule has 0 amide bonds. The standard InChI is InChI=1S/C15H26N6.HI/c1-3-21-12-19-20-14(21)11-18-15(16-2)17-10-9-13-7-5-4-6-8-13;/h7,12H,3-6,8-11H2,1-2H3,(H2,16,17,18);1H. The normalized spacial score (nSPS) is 15.0. The van der Waals surface area contributed by atoms with Gasteiger partial charge in [0.05, 0.1) is 6.54 Å². The Hall–Kier alpha value is -1.12. The first kappa shape index (κ1) is 18.9. The number of hydrogen-bond acceptors (Lipinski definition) is 3. The fourth-order valence-electron chi connectivity index (χ4n) is 2.54. The van der Waals surface area contributed by atoms with E-state index >= 15 is 0 Å². The lowest BCUT2D eigenvalue weighted by molar-refractivity contribution is 0.656. The number of guanidine groups is 1. The van der Waals surface area contributed by atoms with Gasteiger partial charge in [0.15, 0.2) is 11.8 Å². The van der Waals surface area contributed by atoms with Gasteiger partial charge in [-0.1, -0.05) is 11.6 Å². The summed E-state index contributed by atoms with van der Waals surface area (Å²) < 4.78 is 2.02. The van der Waals surface area contributed by atoms with Crippen LogP contribution in [0.25, 0.3) is 0 Å². The Bertz CT molecular complexity index is 494. The zero-order valence-electron chi connectivity index (χ0n) is 13.5. The van der Waals surface area contributed by atoms with Gasteiger partial charge in [0.25, 0.3) is 0 Å². The molecule has 0 spiro atoms. The summed E-state index contributed by atoms with van der Waals surface area (Å²) in [6, 6.07) is 0. The molecule has 0 fully saturated rings. The van der Waals surface area contributed by atoms with Crippen molar-refractivity contribution in [2.45, 2.75) is 52.1 Å². The van der Waals surface area contributed by atoms with Gasteiger partial charge in [0.1, 0.15) is 6.33 Å². The molecule has 1 aromatic heterocycles. The van der Waals surface area contributed by atoms with Crippen LogP contribution >= 0.6 is 24.0 Å². The predicted molar refractivity (Wildman–Crippen MR) is 100 cm³/mol. The monoisotopic (exact) mass is 418 g/mol. The molecule has 0 aromatic carbocycles. The van der Waals surface area contributed by atoms with Crippen LogP contribution in [0.5, 0.6) is 0 Å². The van der Waals surface area contributed by atoms with Crippen molar-refractivity contribution in [3.63, 3.8) is 0 Å². The van der Waals surface area contributed by atoms with Crippen molar-refractivity contribution in [2.24, 2.45) is 4.99 Å². The van der Waals surface area contributed by atoms with E-state index in [1.807, 2.05) is 4.57 Å². The number of rotatable bonds is 6. The summed E-state index contributed by atoms with van der Waals surface area (Å²) in [4.78, 5) is 4.24. The molecule has 1 aliphatic carbocycles. The number of aryl methyl sites for hydroxylation is 1. The first-order valence-electron chi connectivity index (χ1n) is 7.82. The quantitative estimate of drug-likeness (QED) is 0.323. The van der Waals surface area contributed by atoms with E-state index in [2.05, 4.69) is 38.8 Å². The molecule has 22 heavy (non-hydrogen) atoms. The minimum absolute atomic E-state index is 0. The molecule has 2 N–H and O–H groups in total. The third kappa shape index (κ3) is 5.94. The number of nitrogens with one attached hydrogen (secondary N) is 2. The molecule has 1 heterocycles. The minimum atomic E-state index is 0. The number of allylic oxidation sites excluding steroid dienone is 1. The molecule has 124 valence electrons. The van der Waals surface area contributed by atoms with Crippen molar-refractivity contribution in [1.29, 1.82) is 0 Å². The molecule has 0 saturated carbocycles. The van der Waals surface area contributed by atoms with E-state index in [0.717, 1.165) is 31.3 Å². The van der Waals surface area contributed by atoms with Crippen molar-refractivity contribution in [3.8, 4) is 0 Å². The zero-order valence-corrected chi connectivity index (χ0v) is 15.8. The van der Waals surface area contributed by atoms with E-state index in [-0.39, 0.29) is 24.0 Å². The van der Waals surface area contributed by atoms with Crippen LogP contribution in [0.2, 0.25) is 0 Å². The van der Waals surface area contributed by atoms with E-state index in [4.69, 9.17) is 0 Å². The SMILES string of the molecule is CCn1cnnc1CNC(=NC)NCCC1=CCCCC1.I. The van der Waals surface area contributed by atoms with Gasteiger partial charge in [-0.15, -0.1) is 34.2 Å². The lowest BCUT2D eigenvalue weighted by atomic mass is 9.97. The highest BCUT2D eigenvalue weighted by molar-refractivity contribution is 14.0. The van der Waals surface area contributed by atoms with Gasteiger partial charge in [-0.25, -0.2) is 0 Å². The molecule has 1 aliphatic rings. The van der Waals surface area contributed by atoms with E-state index in [9.17, 15) is 0 Å². The Morgan fingerprint density at radius 2 is 2.23 bits per heavy atom. The van der Waals surface area contributed by atoms with E-state index < -0.39 is 0 Å². The second-order valence-electron chi connectivity index (χ2n) is 5.24. The third-order valence-electron chi connectivity index (χ3n) is 3.80. The molecular weight excluding hydrogens is 391 g/mol. The molecule has 0 atom stereocenters. The molecule has 0 radical (unpaired) electrons. The summed E-state index contributed by atoms with van der Waals surface area (Å²) in [7, 11) is 1.79. The second-order valence-corrected chi connectivity index (χ2v) is 5.24. The molecule has 7 heteroatoms. The summed E-state index contributed by atoms with van der Waals surface area (Å²) in [5.74, 6) is 1.74. The summed E-state index contributed by atoms with van der Waals surface area (Å²) >= 11 is 0. The Morgan fingerprint density at radius 3 is 2.91 bits per heavy atom. The topological polar surface area (TPSA) is 67.1 Å². The predicted octanol–water partition coefficient (Wildman–Crippen LogP) is 2.47. The van der Waals surface area contributed by atoms with Crippen LogP contribution in [0.4, 0.5) is 0 Å². The van der Waals surface area contributed by atoms with E-state index in [1.54, 1.807) is 18.9 Å². The van der Waals surface area contributed by atoms with Gasteiger partial charge in [0, 0.05) is 20.1 Å². The first-order chi connectivity index (χ1) is 10.3. The van der Waals surface area contributed by atoms with Crippen molar-refractivity contribution in [1.82, 2.24) is 25.4 Å². The minimum Gasteiger partial charge on any atom is -0.356 e. The number of hydrogen-bond donors (Lipinski definition) is 2. The summed E-state index contributed by atoms with van der Waals surface area (Å²) in [6.45, 7) is 4.52. The Kier molecular flexibility index (Phi) is 9.10. The number of aliphatic imine (C=N–C) groups is 1. The lowest BCUT2D eigenvalue weighted by Crippen LogP contribution is -2.38. The highest BCUT2D eigenvalue weighted by Crippen LogP contribution is 2.19. The van der Waals surface area contributed by atoms with Gasteiger partial charge in [-0.2, -0.15) is 0 Å². The van der Waals surface area contributed by atoms with Crippen molar-refractivity contribution >= 4 is 29.9 Å². The van der Waals surface area contributed by atoms with Crippen LogP contribution < -0.4 is 10.6 Å². The van der Waals surface area contributed by atoms with Gasteiger partial charge >= 0.3 is 0 Å². The zero-order chi connectivity index (χ0) is 14.9. The highest BCUT2D eigenvalue weighted by Gasteiger charge is 2.06. The van der Waals surface area contributed by atoms with Crippen molar-refractivity contribution in [2.75, 3.05) is 13.6 Å². The van der Waals surface area contributed by atoms with Gasteiger partial charge < -0.3 is 15.2 Å². The van der Waals surface area contributed by atoms with Crippen LogP contribution in [-0.4, -0.2) is 34.3 Å². The Balaban J connectivity index is 0.00000242. The van der Waals surface area contributed by atoms with Crippen LogP contribution in [0, 0.1) is 0 Å². The highest BCUT2D eigenvalue weighted by atomic mass is 127. The fraction of sp³-hybridized carbons (Fsp3) is 0.667. The summed E-state index contributed by atoms with van der Waals surface area (Å²) in [5, 5.41) is 14.7. The van der Waals surface area contributed by atoms with Crippen LogP contribution in [0.3, 0.4) is 0 Å². The largest absolute Gasteiger partial charge is 0.356 e. The molecule has 0 saturated heterocycles. The first-order valence-corrected chi connectivity index (χ1v) is 7.82. The van der Waals surface area contributed by atoms with Crippen molar-refractivity contribution < 1.29 is 0 Å². The lowest BCUT2D eigenvalue weighted by Gasteiger charge is -2.15. The molecule has 6 nitrogen and oxygen atoms in total. The van der Waals surface area contributed by atoms with Gasteiger partial charge in [-0.3, -0.25) is 4.99 Å². The van der Waals surface area contributed by atoms with Gasteiger partial charge in [-0.05, 0) is 39.0 Å². The van der Waals surface area contributed by atoms with Crippen LogP contribution in [0.1, 0.15) is 44.9 Å². The molecule has 1 aromatic rings. The van der Waals surface area contributed by atoms with Crippen LogP contribution in [0.15, 0.2) is 23.0 Å². The summed E-state index contributed by atoms with van der Waals surface area (Å²) in [6.07, 6.45) is 10.4. The maximum atomic E-state index is 4.24.